The summed E-state index contributed by atoms with van der Waals surface area (Å²) >= 11 is 0. The maximum absolute atomic E-state index is 11.4. The van der Waals surface area contributed by atoms with Crippen LogP contribution < -0.4 is 0 Å². The van der Waals surface area contributed by atoms with E-state index >= 15 is 0 Å². The lowest BCUT2D eigenvalue weighted by Gasteiger charge is -2.62. The highest BCUT2D eigenvalue weighted by Crippen LogP contribution is 2.69. The molecule has 0 aliphatic heterocycles. The van der Waals surface area contributed by atoms with E-state index in [9.17, 15) is 20.1 Å². The molecular weight excluding hydrogens is 364 g/mol. The Morgan fingerprint density at radius 3 is 2.31 bits per heavy atom. The summed E-state index contributed by atoms with van der Waals surface area (Å²) in [7, 11) is 0. The van der Waals surface area contributed by atoms with Crippen LogP contribution in [-0.4, -0.2) is 33.5 Å². The maximum atomic E-state index is 11.4. The van der Waals surface area contributed by atoms with Gasteiger partial charge in [-0.15, -0.1) is 0 Å². The molecule has 4 unspecified atom stereocenters. The largest absolute Gasteiger partial charge is 0.481 e. The molecule has 29 heavy (non-hydrogen) atoms. The molecule has 164 valence electrons. The van der Waals surface area contributed by atoms with E-state index in [2.05, 4.69) is 20.8 Å². The number of hydrogen-bond donors (Lipinski definition) is 3. The highest BCUT2D eigenvalue weighted by Gasteiger charge is 2.64. The number of rotatable bonds is 3. The fourth-order valence-electron chi connectivity index (χ4n) is 9.48. The summed E-state index contributed by atoms with van der Waals surface area (Å²) in [5.74, 6) is 2.76. The van der Waals surface area contributed by atoms with Crippen molar-refractivity contribution in [1.29, 1.82) is 0 Å². The standard InChI is InChI=1S/C25H40O4/c1-13(16-12-17(16)23(28)29)18-4-5-19-22-20(7-9-25(18,19)3)24(2)8-6-15(26)10-14(24)11-21(22)27/h13-22,26-27H,4-12H2,1-3H3,(H,28,29)/t13-,14+,15-,16+,17+,18?,19?,20?,21-,22?,24+,25-/m1/s1. The molecule has 0 amide bonds. The number of carbonyl (C=O) groups is 1. The van der Waals surface area contributed by atoms with Crippen molar-refractivity contribution >= 4 is 5.97 Å². The van der Waals surface area contributed by atoms with E-state index in [0.717, 1.165) is 32.1 Å². The minimum atomic E-state index is -0.605. The van der Waals surface area contributed by atoms with Crippen LogP contribution in [-0.2, 0) is 4.79 Å². The normalized spacial score (nSPS) is 57.3. The molecule has 0 heterocycles. The van der Waals surface area contributed by atoms with Gasteiger partial charge in [-0.05, 0) is 110 Å². The first kappa shape index (κ1) is 20.3. The van der Waals surface area contributed by atoms with E-state index in [-0.39, 0.29) is 29.0 Å². The molecular formula is C25H40O4. The number of carboxylic acids is 1. The van der Waals surface area contributed by atoms with E-state index in [1.807, 2.05) is 0 Å². The number of hydrogen-bond acceptors (Lipinski definition) is 3. The zero-order valence-corrected chi connectivity index (χ0v) is 18.4. The predicted octanol–water partition coefficient (Wildman–Crippen LogP) is 4.33. The molecule has 0 aromatic rings. The third-order valence-electron chi connectivity index (χ3n) is 11.2. The van der Waals surface area contributed by atoms with Crippen molar-refractivity contribution in [3.63, 3.8) is 0 Å². The van der Waals surface area contributed by atoms with Gasteiger partial charge in [0.25, 0.3) is 0 Å². The van der Waals surface area contributed by atoms with Crippen LogP contribution in [0.3, 0.4) is 0 Å². The van der Waals surface area contributed by atoms with Crippen molar-refractivity contribution in [2.75, 3.05) is 0 Å². The van der Waals surface area contributed by atoms with Gasteiger partial charge in [-0.25, -0.2) is 0 Å². The summed E-state index contributed by atoms with van der Waals surface area (Å²) in [5.41, 5.74) is 0.531. The van der Waals surface area contributed by atoms with Crippen LogP contribution in [0.5, 0.6) is 0 Å². The van der Waals surface area contributed by atoms with E-state index in [1.165, 1.54) is 25.7 Å². The van der Waals surface area contributed by atoms with Gasteiger partial charge in [0.1, 0.15) is 0 Å². The summed E-state index contributed by atoms with van der Waals surface area (Å²) in [6, 6.07) is 0. The van der Waals surface area contributed by atoms with Crippen molar-refractivity contribution in [1.82, 2.24) is 0 Å². The van der Waals surface area contributed by atoms with E-state index < -0.39 is 5.97 Å². The average molecular weight is 405 g/mol. The molecule has 0 radical (unpaired) electrons. The van der Waals surface area contributed by atoms with E-state index in [1.54, 1.807) is 0 Å². The molecule has 0 bridgehead atoms. The first-order valence-corrected chi connectivity index (χ1v) is 12.3. The Morgan fingerprint density at radius 2 is 1.62 bits per heavy atom. The highest BCUT2D eigenvalue weighted by atomic mass is 16.4. The van der Waals surface area contributed by atoms with Crippen LogP contribution in [0.25, 0.3) is 0 Å². The number of aliphatic hydroxyl groups excluding tert-OH is 2. The molecule has 5 fully saturated rings. The first-order chi connectivity index (χ1) is 13.7. The number of carboxylic acid groups (broad SMARTS) is 1. The summed E-state index contributed by atoms with van der Waals surface area (Å²) in [6.45, 7) is 7.26. The number of aliphatic hydroxyl groups is 2. The van der Waals surface area contributed by atoms with Crippen molar-refractivity contribution in [2.24, 2.45) is 58.2 Å². The molecule has 5 aliphatic rings. The molecule has 12 atom stereocenters. The fraction of sp³-hybridized carbons (Fsp3) is 0.960. The van der Waals surface area contributed by atoms with E-state index in [0.29, 0.717) is 41.4 Å². The lowest BCUT2D eigenvalue weighted by molar-refractivity contribution is -0.174. The van der Waals surface area contributed by atoms with Gasteiger partial charge in [0.15, 0.2) is 0 Å². The Bertz CT molecular complexity index is 678. The van der Waals surface area contributed by atoms with Gasteiger partial charge in [-0.3, -0.25) is 4.79 Å². The van der Waals surface area contributed by atoms with Crippen LogP contribution in [0.4, 0.5) is 0 Å². The zero-order chi connectivity index (χ0) is 20.7. The molecule has 5 saturated carbocycles. The van der Waals surface area contributed by atoms with Gasteiger partial charge in [0.05, 0.1) is 18.1 Å². The zero-order valence-electron chi connectivity index (χ0n) is 18.4. The van der Waals surface area contributed by atoms with Gasteiger partial charge < -0.3 is 15.3 Å². The molecule has 3 N–H and O–H groups in total. The monoisotopic (exact) mass is 404 g/mol. The van der Waals surface area contributed by atoms with Crippen LogP contribution in [0, 0.1) is 58.2 Å². The Hall–Kier alpha value is -0.610. The fourth-order valence-corrected chi connectivity index (χ4v) is 9.48. The molecule has 4 heteroatoms. The SMILES string of the molecule is C[C@@H](C1CCC2C3C(CC[C@@]21C)[C@@]1(C)CC[C@@H](O)C[C@H]1C[C@H]3O)[C@@H]1C[C@@H]1C(=O)O. The predicted molar refractivity (Wildman–Crippen MR) is 111 cm³/mol. The molecule has 0 saturated heterocycles. The summed E-state index contributed by atoms with van der Waals surface area (Å²) in [5, 5.41) is 30.9. The van der Waals surface area contributed by atoms with Crippen LogP contribution in [0.1, 0.15) is 78.6 Å². The van der Waals surface area contributed by atoms with Gasteiger partial charge in [0.2, 0.25) is 0 Å². The molecule has 5 aliphatic carbocycles. The van der Waals surface area contributed by atoms with Gasteiger partial charge in [-0.2, -0.15) is 0 Å². The highest BCUT2D eigenvalue weighted by molar-refractivity contribution is 5.73. The summed E-state index contributed by atoms with van der Waals surface area (Å²) < 4.78 is 0. The van der Waals surface area contributed by atoms with Crippen LogP contribution >= 0.6 is 0 Å². The Morgan fingerprint density at radius 1 is 0.931 bits per heavy atom. The second kappa shape index (κ2) is 6.69. The first-order valence-electron chi connectivity index (χ1n) is 12.3. The van der Waals surface area contributed by atoms with Gasteiger partial charge in [-0.1, -0.05) is 20.8 Å². The summed E-state index contributed by atoms with van der Waals surface area (Å²) in [6.07, 6.45) is 9.08. The van der Waals surface area contributed by atoms with Crippen LogP contribution in [0.2, 0.25) is 0 Å². The molecule has 0 spiro atoms. The molecule has 4 nitrogen and oxygen atoms in total. The Balaban J connectivity index is 1.39. The van der Waals surface area contributed by atoms with Crippen molar-refractivity contribution in [3.05, 3.63) is 0 Å². The van der Waals surface area contributed by atoms with Crippen molar-refractivity contribution in [3.8, 4) is 0 Å². The van der Waals surface area contributed by atoms with Gasteiger partial charge >= 0.3 is 5.97 Å². The Labute approximate surface area is 175 Å². The average Bonchev–Trinajstić information content (AvgIpc) is 3.39. The Kier molecular flexibility index (Phi) is 4.68. The second-order valence-corrected chi connectivity index (χ2v) is 12.2. The lowest BCUT2D eigenvalue weighted by atomic mass is 9.43. The molecule has 0 aromatic carbocycles. The van der Waals surface area contributed by atoms with Gasteiger partial charge in [0, 0.05) is 0 Å². The second-order valence-electron chi connectivity index (χ2n) is 12.2. The topological polar surface area (TPSA) is 77.8 Å². The minimum Gasteiger partial charge on any atom is -0.481 e. The van der Waals surface area contributed by atoms with Crippen LogP contribution in [0.15, 0.2) is 0 Å². The van der Waals surface area contributed by atoms with E-state index in [4.69, 9.17) is 0 Å². The number of aliphatic carboxylic acids is 1. The third kappa shape index (κ3) is 2.87. The van der Waals surface area contributed by atoms with Crippen molar-refractivity contribution in [2.45, 2.75) is 90.8 Å². The maximum Gasteiger partial charge on any atom is 0.306 e. The smallest absolute Gasteiger partial charge is 0.306 e. The summed E-state index contributed by atoms with van der Waals surface area (Å²) in [4.78, 5) is 11.4. The third-order valence-corrected chi connectivity index (χ3v) is 11.2. The van der Waals surface area contributed by atoms with Crippen molar-refractivity contribution < 1.29 is 20.1 Å². The number of fused-ring (bicyclic) bond motifs is 5. The lowest BCUT2D eigenvalue weighted by Crippen LogP contribution is -2.58. The molecule has 0 aromatic heterocycles. The molecule has 5 rings (SSSR count). The quantitative estimate of drug-likeness (QED) is 0.654. The minimum absolute atomic E-state index is 0.113.